The molecule has 4 nitrogen and oxygen atoms in total. The molecule has 0 aliphatic heterocycles. The molecule has 0 rings (SSSR count). The number of ether oxygens (including phenoxy) is 1. The van der Waals surface area contributed by atoms with Crippen LogP contribution in [0.3, 0.4) is 0 Å². The topological polar surface area (TPSA) is 55.7 Å². The highest BCUT2D eigenvalue weighted by atomic mass is 16.5. The van der Waals surface area contributed by atoms with Crippen molar-refractivity contribution in [3.63, 3.8) is 0 Å². The fourth-order valence-electron chi connectivity index (χ4n) is 0.676. The summed E-state index contributed by atoms with van der Waals surface area (Å²) in [5.74, 6) is -0.431. The highest BCUT2D eigenvalue weighted by Crippen LogP contribution is 2.02. The maximum atomic E-state index is 11.0. The molecule has 0 spiro atoms. The van der Waals surface area contributed by atoms with Gasteiger partial charge in [0.05, 0.1) is 0 Å². The molecule has 0 unspecified atom stereocenters. The van der Waals surface area contributed by atoms with E-state index in [2.05, 4.69) is 9.73 Å². The minimum Gasteiger partial charge on any atom is -0.438 e. The van der Waals surface area contributed by atoms with Gasteiger partial charge in [-0.15, -0.1) is 0 Å². The molecule has 0 aliphatic rings. The van der Waals surface area contributed by atoms with Gasteiger partial charge in [0, 0.05) is 5.57 Å². The molecule has 0 heterocycles. The normalized spacial score (nSPS) is 10.3. The summed E-state index contributed by atoms with van der Waals surface area (Å²) >= 11 is 0. The van der Waals surface area contributed by atoms with Gasteiger partial charge in [-0.05, 0) is 13.3 Å². The van der Waals surface area contributed by atoms with Gasteiger partial charge in [0.1, 0.15) is 0 Å². The number of carbonyl (C=O) groups is 1. The number of aliphatic imine (C=N–C) groups is 1. The Bertz CT molecular complexity index is 226. The van der Waals surface area contributed by atoms with Crippen LogP contribution >= 0.6 is 0 Å². The van der Waals surface area contributed by atoms with Crippen LogP contribution in [0.1, 0.15) is 20.3 Å². The molecule has 0 saturated heterocycles. The third-order valence-electron chi connectivity index (χ3n) is 1.32. The Hall–Kier alpha value is -1.41. The van der Waals surface area contributed by atoms with Crippen LogP contribution in [0.2, 0.25) is 0 Å². The summed E-state index contributed by atoms with van der Waals surface area (Å²) in [6.45, 7) is 3.35. The van der Waals surface area contributed by atoms with Crippen LogP contribution in [-0.2, 0) is 14.3 Å². The summed E-state index contributed by atoms with van der Waals surface area (Å²) in [6, 6.07) is 0. The van der Waals surface area contributed by atoms with Gasteiger partial charge < -0.3 is 4.74 Å². The molecule has 0 aromatic heterocycles. The SMILES string of the molecule is C/C=C(\CC)C(=O)OCN=C=O. The smallest absolute Gasteiger partial charge is 0.335 e. The van der Waals surface area contributed by atoms with Gasteiger partial charge in [0.15, 0.2) is 6.73 Å². The zero-order valence-corrected chi connectivity index (χ0v) is 7.16. The van der Waals surface area contributed by atoms with Crippen molar-refractivity contribution in [2.75, 3.05) is 6.73 Å². The van der Waals surface area contributed by atoms with Crippen molar-refractivity contribution in [1.82, 2.24) is 0 Å². The van der Waals surface area contributed by atoms with E-state index in [1.807, 2.05) is 6.92 Å². The minimum atomic E-state index is -0.431. The lowest BCUT2D eigenvalue weighted by atomic mass is 10.2. The fraction of sp³-hybridized carbons (Fsp3) is 0.500. The maximum Gasteiger partial charge on any atom is 0.335 e. The number of rotatable bonds is 4. The summed E-state index contributed by atoms with van der Waals surface area (Å²) in [6.07, 6.45) is 3.56. The molecule has 0 amide bonds. The number of nitrogens with zero attached hydrogens (tertiary/aromatic N) is 1. The zero-order chi connectivity index (χ0) is 9.40. The second-order valence-electron chi connectivity index (χ2n) is 1.98. The number of hydrogen-bond donors (Lipinski definition) is 0. The number of hydrogen-bond acceptors (Lipinski definition) is 4. The van der Waals surface area contributed by atoms with Crippen LogP contribution in [0.4, 0.5) is 0 Å². The lowest BCUT2D eigenvalue weighted by Crippen LogP contribution is -2.07. The first-order valence-corrected chi connectivity index (χ1v) is 3.62. The zero-order valence-electron chi connectivity index (χ0n) is 7.16. The molecule has 0 bridgehead atoms. The van der Waals surface area contributed by atoms with E-state index in [1.165, 1.54) is 6.08 Å². The first-order valence-electron chi connectivity index (χ1n) is 3.62. The molecule has 0 aliphatic carbocycles. The predicted octanol–water partition coefficient (Wildman–Crippen LogP) is 1.18. The third-order valence-corrected chi connectivity index (χ3v) is 1.32. The van der Waals surface area contributed by atoms with Crippen LogP contribution < -0.4 is 0 Å². The molecule has 0 aromatic rings. The van der Waals surface area contributed by atoms with E-state index in [1.54, 1.807) is 13.0 Å². The van der Waals surface area contributed by atoms with E-state index in [-0.39, 0.29) is 6.73 Å². The van der Waals surface area contributed by atoms with Crippen molar-refractivity contribution in [3.05, 3.63) is 11.6 Å². The molecule has 66 valence electrons. The third kappa shape index (κ3) is 3.68. The highest BCUT2D eigenvalue weighted by molar-refractivity contribution is 5.88. The van der Waals surface area contributed by atoms with E-state index >= 15 is 0 Å². The van der Waals surface area contributed by atoms with Crippen molar-refractivity contribution in [2.24, 2.45) is 4.99 Å². The Kier molecular flexibility index (Phi) is 5.57. The van der Waals surface area contributed by atoms with E-state index in [0.717, 1.165) is 0 Å². The van der Waals surface area contributed by atoms with Gasteiger partial charge >= 0.3 is 5.97 Å². The van der Waals surface area contributed by atoms with Crippen LogP contribution in [0.15, 0.2) is 16.6 Å². The molecule has 0 atom stereocenters. The number of carbonyl (C=O) groups excluding carboxylic acids is 2. The molecule has 0 N–H and O–H groups in total. The van der Waals surface area contributed by atoms with Crippen LogP contribution in [0, 0.1) is 0 Å². The Morgan fingerprint density at radius 2 is 2.33 bits per heavy atom. The average Bonchev–Trinajstić information content (AvgIpc) is 2.07. The standard InChI is InChI=1S/C8H11NO3/c1-3-7(4-2)8(11)12-6-9-5-10/h3H,4,6H2,1-2H3/b7-3+. The van der Waals surface area contributed by atoms with Gasteiger partial charge in [-0.3, -0.25) is 0 Å². The number of esters is 1. The highest BCUT2D eigenvalue weighted by Gasteiger charge is 2.05. The van der Waals surface area contributed by atoms with Gasteiger partial charge in [-0.25, -0.2) is 9.59 Å². The second-order valence-corrected chi connectivity index (χ2v) is 1.98. The molecule has 0 aromatic carbocycles. The Morgan fingerprint density at radius 1 is 1.67 bits per heavy atom. The predicted molar refractivity (Wildman–Crippen MR) is 43.1 cm³/mol. The van der Waals surface area contributed by atoms with E-state index in [9.17, 15) is 9.59 Å². The monoisotopic (exact) mass is 169 g/mol. The molecule has 0 saturated carbocycles. The summed E-state index contributed by atoms with van der Waals surface area (Å²) < 4.78 is 4.59. The van der Waals surface area contributed by atoms with Crippen LogP contribution in [0.5, 0.6) is 0 Å². The van der Waals surface area contributed by atoms with Gasteiger partial charge in [-0.2, -0.15) is 4.99 Å². The quantitative estimate of drug-likeness (QED) is 0.275. The summed E-state index contributed by atoms with van der Waals surface area (Å²) in [5, 5.41) is 0. The lowest BCUT2D eigenvalue weighted by Gasteiger charge is -2.01. The molecule has 0 radical (unpaired) electrons. The number of isocyanates is 1. The van der Waals surface area contributed by atoms with Crippen LogP contribution in [0.25, 0.3) is 0 Å². The maximum absolute atomic E-state index is 11.0. The van der Waals surface area contributed by atoms with Crippen molar-refractivity contribution in [3.8, 4) is 0 Å². The lowest BCUT2D eigenvalue weighted by molar-refractivity contribution is -0.138. The van der Waals surface area contributed by atoms with Gasteiger partial charge in [0.25, 0.3) is 0 Å². The number of allylic oxidation sites excluding steroid dienone is 1. The average molecular weight is 169 g/mol. The first kappa shape index (κ1) is 10.6. The van der Waals surface area contributed by atoms with Crippen molar-refractivity contribution in [2.45, 2.75) is 20.3 Å². The second kappa shape index (κ2) is 6.31. The molecule has 0 fully saturated rings. The van der Waals surface area contributed by atoms with Crippen molar-refractivity contribution in [1.29, 1.82) is 0 Å². The van der Waals surface area contributed by atoms with E-state index < -0.39 is 5.97 Å². The van der Waals surface area contributed by atoms with Crippen molar-refractivity contribution < 1.29 is 14.3 Å². The van der Waals surface area contributed by atoms with E-state index in [4.69, 9.17) is 0 Å². The Balaban J connectivity index is 3.94. The van der Waals surface area contributed by atoms with Crippen LogP contribution in [-0.4, -0.2) is 18.8 Å². The first-order chi connectivity index (χ1) is 5.76. The minimum absolute atomic E-state index is 0.250. The largest absolute Gasteiger partial charge is 0.438 e. The Morgan fingerprint density at radius 3 is 2.75 bits per heavy atom. The molecular formula is C8H11NO3. The molecule has 12 heavy (non-hydrogen) atoms. The van der Waals surface area contributed by atoms with E-state index in [0.29, 0.717) is 12.0 Å². The summed E-state index contributed by atoms with van der Waals surface area (Å²) in [4.78, 5) is 23.7. The van der Waals surface area contributed by atoms with Gasteiger partial charge in [0.2, 0.25) is 6.08 Å². The fourth-order valence-corrected chi connectivity index (χ4v) is 0.676. The molecular weight excluding hydrogens is 158 g/mol. The Labute approximate surface area is 70.9 Å². The molecule has 4 heteroatoms. The summed E-state index contributed by atoms with van der Waals surface area (Å²) in [7, 11) is 0. The van der Waals surface area contributed by atoms with Crippen molar-refractivity contribution >= 4 is 12.0 Å². The van der Waals surface area contributed by atoms with Gasteiger partial charge in [-0.1, -0.05) is 13.0 Å². The summed E-state index contributed by atoms with van der Waals surface area (Å²) in [5.41, 5.74) is 0.580.